The Balaban J connectivity index is 2.18. The van der Waals surface area contributed by atoms with E-state index in [0.29, 0.717) is 0 Å². The third kappa shape index (κ3) is 3.82. The Morgan fingerprint density at radius 2 is 1.83 bits per heavy atom. The van der Waals surface area contributed by atoms with Crippen molar-refractivity contribution in [2.24, 2.45) is 0 Å². The molecule has 0 radical (unpaired) electrons. The van der Waals surface area contributed by atoms with Gasteiger partial charge in [0.2, 0.25) is 0 Å². The molecule has 0 spiro atoms. The Morgan fingerprint density at radius 1 is 1.25 bits per heavy atom. The molecule has 1 fully saturated rings. The van der Waals surface area contributed by atoms with Gasteiger partial charge in [0.05, 0.1) is 0 Å². The predicted octanol–water partition coefficient (Wildman–Crippen LogP) is 3.95. The summed E-state index contributed by atoms with van der Waals surface area (Å²) in [5.74, 6) is 0. The summed E-state index contributed by atoms with van der Waals surface area (Å²) in [6.07, 6.45) is 2.80. The second-order valence-corrected chi connectivity index (χ2v) is 15.0. The van der Waals surface area contributed by atoms with E-state index in [2.05, 4.69) is 6.92 Å². The van der Waals surface area contributed by atoms with Gasteiger partial charge in [-0.2, -0.15) is 0 Å². The third-order valence-electron chi connectivity index (χ3n) is 2.80. The van der Waals surface area contributed by atoms with Crippen LogP contribution in [0, 0.1) is 0 Å². The highest BCUT2D eigenvalue weighted by atomic mass is 35.7. The van der Waals surface area contributed by atoms with E-state index < -0.39 is 6.69 Å². The van der Waals surface area contributed by atoms with Crippen LogP contribution in [0.1, 0.15) is 19.8 Å². The SMILES string of the molecule is CCCC[SiH]1CC[Si](Cl)(Cl)CC1. The highest BCUT2D eigenvalue weighted by molar-refractivity contribution is 7.45. The van der Waals surface area contributed by atoms with Crippen LogP contribution >= 0.6 is 22.2 Å². The van der Waals surface area contributed by atoms with Crippen LogP contribution in [0.3, 0.4) is 0 Å². The molecule has 0 amide bonds. The molecule has 0 aromatic heterocycles. The zero-order valence-corrected chi connectivity index (χ0v) is 11.4. The van der Waals surface area contributed by atoms with Gasteiger partial charge in [-0.25, -0.2) is 0 Å². The number of halogens is 2. The molecular weight excluding hydrogens is 223 g/mol. The Bertz CT molecular complexity index is 129. The van der Waals surface area contributed by atoms with Gasteiger partial charge in [-0.05, 0) is 12.1 Å². The van der Waals surface area contributed by atoms with E-state index in [4.69, 9.17) is 22.2 Å². The summed E-state index contributed by atoms with van der Waals surface area (Å²) in [7, 11) is -0.360. The first-order valence-electron chi connectivity index (χ1n) is 5.02. The van der Waals surface area contributed by atoms with Gasteiger partial charge in [0.25, 0.3) is 6.69 Å². The third-order valence-corrected chi connectivity index (χ3v) is 11.7. The Kier molecular flexibility index (Phi) is 4.65. The molecule has 0 aliphatic carbocycles. The van der Waals surface area contributed by atoms with Gasteiger partial charge in [0.15, 0.2) is 0 Å². The van der Waals surface area contributed by atoms with E-state index >= 15 is 0 Å². The Hall–Kier alpha value is 1.01. The molecule has 0 saturated carbocycles. The van der Waals surface area contributed by atoms with E-state index in [1.54, 1.807) is 0 Å². The van der Waals surface area contributed by atoms with Gasteiger partial charge in [-0.3, -0.25) is 0 Å². The van der Waals surface area contributed by atoms with Crippen molar-refractivity contribution < 1.29 is 0 Å². The van der Waals surface area contributed by atoms with Crippen molar-refractivity contribution in [1.82, 2.24) is 0 Å². The lowest BCUT2D eigenvalue weighted by atomic mass is 10.4. The monoisotopic (exact) mass is 240 g/mol. The molecule has 1 aliphatic rings. The summed E-state index contributed by atoms with van der Waals surface area (Å²) >= 11 is 12.4. The lowest BCUT2D eigenvalue weighted by molar-refractivity contribution is 0.866. The molecule has 4 heteroatoms. The van der Waals surface area contributed by atoms with Crippen LogP contribution in [-0.4, -0.2) is 15.5 Å². The number of hydrogen-bond donors (Lipinski definition) is 0. The molecule has 0 bridgehead atoms. The minimum atomic E-state index is -1.69. The van der Waals surface area contributed by atoms with Crippen molar-refractivity contribution >= 4 is 37.6 Å². The molecule has 1 aliphatic heterocycles. The van der Waals surface area contributed by atoms with Gasteiger partial charge < -0.3 is 0 Å². The van der Waals surface area contributed by atoms with Gasteiger partial charge in [-0.1, -0.05) is 37.9 Å². The summed E-state index contributed by atoms with van der Waals surface area (Å²) in [4.78, 5) is 0. The van der Waals surface area contributed by atoms with E-state index in [1.807, 2.05) is 0 Å². The van der Waals surface area contributed by atoms with Gasteiger partial charge in [0, 0.05) is 8.80 Å². The molecule has 0 nitrogen and oxygen atoms in total. The highest BCUT2D eigenvalue weighted by Crippen LogP contribution is 2.36. The maximum absolute atomic E-state index is 6.20. The standard InChI is InChI=1S/C8H18Cl2Si2/c1-2-3-4-11-5-7-12(9,10)8-6-11/h11H,2-8H2,1H3. The van der Waals surface area contributed by atoms with Crippen molar-refractivity contribution in [3.63, 3.8) is 0 Å². The summed E-state index contributed by atoms with van der Waals surface area (Å²) in [6, 6.07) is 6.78. The van der Waals surface area contributed by atoms with E-state index in [0.717, 1.165) is 0 Å². The molecule has 1 saturated heterocycles. The number of unbranched alkanes of at least 4 members (excludes halogenated alkanes) is 1. The summed E-state index contributed by atoms with van der Waals surface area (Å²) in [5.41, 5.74) is 0. The van der Waals surface area contributed by atoms with Crippen molar-refractivity contribution in [3.05, 3.63) is 0 Å². The van der Waals surface area contributed by atoms with Crippen molar-refractivity contribution in [2.45, 2.75) is 50.0 Å². The minimum Gasteiger partial charge on any atom is -0.146 e. The van der Waals surface area contributed by atoms with E-state index in [9.17, 15) is 0 Å². The lowest BCUT2D eigenvalue weighted by Gasteiger charge is -2.27. The van der Waals surface area contributed by atoms with Crippen LogP contribution in [-0.2, 0) is 0 Å². The zero-order valence-electron chi connectivity index (χ0n) is 7.78. The Morgan fingerprint density at radius 3 is 2.33 bits per heavy atom. The first-order chi connectivity index (χ1) is 5.64. The van der Waals surface area contributed by atoms with Crippen molar-refractivity contribution in [2.75, 3.05) is 0 Å². The fourth-order valence-electron chi connectivity index (χ4n) is 1.88. The zero-order chi connectivity index (χ0) is 9.03. The summed E-state index contributed by atoms with van der Waals surface area (Å²) in [6.45, 7) is 0.585. The van der Waals surface area contributed by atoms with Gasteiger partial charge in [-0.15, -0.1) is 22.2 Å². The first kappa shape index (κ1) is 11.1. The van der Waals surface area contributed by atoms with Crippen LogP contribution in [0.15, 0.2) is 0 Å². The van der Waals surface area contributed by atoms with Crippen LogP contribution < -0.4 is 0 Å². The van der Waals surface area contributed by atoms with Crippen LogP contribution in [0.4, 0.5) is 0 Å². The minimum absolute atomic E-state index is 0.360. The first-order valence-corrected chi connectivity index (χ1v) is 11.9. The van der Waals surface area contributed by atoms with Crippen LogP contribution in [0.25, 0.3) is 0 Å². The topological polar surface area (TPSA) is 0 Å². The lowest BCUT2D eigenvalue weighted by Crippen LogP contribution is -2.30. The molecule has 0 aromatic carbocycles. The quantitative estimate of drug-likeness (QED) is 0.518. The molecule has 12 heavy (non-hydrogen) atoms. The molecule has 72 valence electrons. The highest BCUT2D eigenvalue weighted by Gasteiger charge is 2.34. The molecule has 1 heterocycles. The summed E-state index contributed by atoms with van der Waals surface area (Å²) in [5, 5.41) is 0. The summed E-state index contributed by atoms with van der Waals surface area (Å²) < 4.78 is 0. The smallest absolute Gasteiger partial charge is 0.146 e. The van der Waals surface area contributed by atoms with Crippen LogP contribution in [0.2, 0.25) is 30.2 Å². The van der Waals surface area contributed by atoms with Crippen LogP contribution in [0.5, 0.6) is 0 Å². The molecule has 1 rings (SSSR count). The second kappa shape index (κ2) is 5.03. The second-order valence-electron chi connectivity index (χ2n) is 3.94. The Labute approximate surface area is 87.7 Å². The average molecular weight is 241 g/mol. The van der Waals surface area contributed by atoms with Gasteiger partial charge >= 0.3 is 0 Å². The maximum Gasteiger partial charge on any atom is 0.250 e. The molecule has 0 atom stereocenters. The fourth-order valence-corrected chi connectivity index (χ4v) is 14.6. The maximum atomic E-state index is 6.20. The molecule has 0 aromatic rings. The van der Waals surface area contributed by atoms with E-state index in [1.165, 1.54) is 43.1 Å². The molecule has 0 N–H and O–H groups in total. The number of rotatable bonds is 3. The van der Waals surface area contributed by atoms with E-state index in [-0.39, 0.29) is 8.80 Å². The normalized spacial score (nSPS) is 24.2. The van der Waals surface area contributed by atoms with Crippen molar-refractivity contribution in [3.8, 4) is 0 Å². The largest absolute Gasteiger partial charge is 0.250 e. The molecular formula is C8H18Cl2Si2. The average Bonchev–Trinajstić information content (AvgIpc) is 2.03. The van der Waals surface area contributed by atoms with Crippen molar-refractivity contribution in [1.29, 1.82) is 0 Å². The number of hydrogen-bond acceptors (Lipinski definition) is 0. The molecule has 0 unspecified atom stereocenters. The fraction of sp³-hybridized carbons (Fsp3) is 1.00. The van der Waals surface area contributed by atoms with Gasteiger partial charge in [0.1, 0.15) is 0 Å². The predicted molar refractivity (Wildman–Crippen MR) is 63.6 cm³/mol.